The summed E-state index contributed by atoms with van der Waals surface area (Å²) in [5, 5.41) is 1.46. The summed E-state index contributed by atoms with van der Waals surface area (Å²) in [5.41, 5.74) is 0.931. The summed E-state index contributed by atoms with van der Waals surface area (Å²) in [6.07, 6.45) is 1.40. The molecule has 0 saturated heterocycles. The van der Waals surface area contributed by atoms with Crippen molar-refractivity contribution < 1.29 is 13.2 Å². The van der Waals surface area contributed by atoms with Crippen LogP contribution in [0.2, 0.25) is 0 Å². The molecule has 0 bridgehead atoms. The molecule has 0 fully saturated rings. The van der Waals surface area contributed by atoms with Crippen molar-refractivity contribution in [3.05, 3.63) is 47.2 Å². The van der Waals surface area contributed by atoms with Crippen LogP contribution in [0.4, 0.5) is 11.5 Å². The molecule has 0 aliphatic carbocycles. The number of aromatic nitrogens is 2. The number of hydrogen-bond acceptors (Lipinski definition) is 6. The minimum Gasteiger partial charge on any atom is -0.478 e. The van der Waals surface area contributed by atoms with E-state index in [9.17, 15) is 8.42 Å². The molecule has 1 N–H and O–H groups in total. The van der Waals surface area contributed by atoms with E-state index in [0.717, 1.165) is 11.1 Å². The first-order valence-corrected chi connectivity index (χ1v) is 9.89. The molecule has 3 aromatic rings. The van der Waals surface area contributed by atoms with Gasteiger partial charge in [-0.3, -0.25) is 4.72 Å². The molecule has 1 aromatic heterocycles. The fourth-order valence-corrected chi connectivity index (χ4v) is 4.13. The van der Waals surface area contributed by atoms with E-state index in [4.69, 9.17) is 4.74 Å². The molecule has 137 valence electrons. The van der Waals surface area contributed by atoms with Crippen LogP contribution in [-0.4, -0.2) is 69.1 Å². The van der Waals surface area contributed by atoms with E-state index in [0.29, 0.717) is 9.99 Å². The molecular formula is C17H17BrN4NaO3S. The van der Waals surface area contributed by atoms with E-state index >= 15 is 0 Å². The number of hydrogen-bond donors (Lipinski definition) is 1. The molecule has 2 aromatic carbocycles. The third kappa shape index (κ3) is 4.55. The number of nitrogens with zero attached hydrogens (tertiary/aromatic N) is 3. The Morgan fingerprint density at radius 3 is 2.44 bits per heavy atom. The molecule has 0 aliphatic heterocycles. The quantitative estimate of drug-likeness (QED) is 0.590. The summed E-state index contributed by atoms with van der Waals surface area (Å²) < 4.78 is 34.0. The number of halogens is 1. The van der Waals surface area contributed by atoms with Crippen molar-refractivity contribution in [1.29, 1.82) is 0 Å². The van der Waals surface area contributed by atoms with Gasteiger partial charge in [-0.1, -0.05) is 24.3 Å². The molecule has 0 aliphatic rings. The van der Waals surface area contributed by atoms with Gasteiger partial charge < -0.3 is 9.64 Å². The molecule has 7 nitrogen and oxygen atoms in total. The van der Waals surface area contributed by atoms with Gasteiger partial charge in [-0.2, -0.15) is 0 Å². The number of sulfonamides is 1. The Balaban J connectivity index is 0.00000261. The minimum absolute atomic E-state index is 0. The summed E-state index contributed by atoms with van der Waals surface area (Å²) in [6.45, 7) is 0. The van der Waals surface area contributed by atoms with Gasteiger partial charge in [0.15, 0.2) is 0 Å². The molecule has 1 heterocycles. The van der Waals surface area contributed by atoms with Crippen molar-refractivity contribution in [3.8, 4) is 5.88 Å². The Hall–Kier alpha value is -1.39. The van der Waals surface area contributed by atoms with Gasteiger partial charge in [0.05, 0.1) is 18.2 Å². The molecule has 10 heteroatoms. The molecular weight excluding hydrogens is 443 g/mol. The van der Waals surface area contributed by atoms with Crippen LogP contribution in [0.3, 0.4) is 0 Å². The fraction of sp³-hybridized carbons (Fsp3) is 0.176. The largest absolute Gasteiger partial charge is 0.478 e. The van der Waals surface area contributed by atoms with Crippen molar-refractivity contribution in [2.24, 2.45) is 0 Å². The SMILES string of the molecule is COc1nc(Br)cnc1NS(=O)(=O)c1cccc2c(N(C)C)cccc12.[Na]. The predicted octanol–water partition coefficient (Wildman–Crippen LogP) is 2.89. The monoisotopic (exact) mass is 459 g/mol. The molecule has 1 radical (unpaired) electrons. The molecule has 0 amide bonds. The maximum absolute atomic E-state index is 13.0. The van der Waals surface area contributed by atoms with Crippen LogP contribution in [0.25, 0.3) is 10.8 Å². The van der Waals surface area contributed by atoms with E-state index in [1.54, 1.807) is 18.2 Å². The van der Waals surface area contributed by atoms with E-state index in [1.807, 2.05) is 37.2 Å². The van der Waals surface area contributed by atoms with Gasteiger partial charge in [0.25, 0.3) is 15.9 Å². The molecule has 0 spiro atoms. The van der Waals surface area contributed by atoms with Crippen molar-refractivity contribution in [3.63, 3.8) is 0 Å². The van der Waals surface area contributed by atoms with Gasteiger partial charge in [-0.25, -0.2) is 18.4 Å². The second-order valence-electron chi connectivity index (χ2n) is 5.68. The van der Waals surface area contributed by atoms with Crippen LogP contribution in [0.5, 0.6) is 5.88 Å². The zero-order valence-electron chi connectivity index (χ0n) is 15.4. The Bertz CT molecular complexity index is 1080. The number of benzene rings is 2. The zero-order valence-corrected chi connectivity index (χ0v) is 19.8. The maximum Gasteiger partial charge on any atom is 0.263 e. The van der Waals surface area contributed by atoms with E-state index in [2.05, 4.69) is 30.6 Å². The first-order valence-electron chi connectivity index (χ1n) is 7.62. The van der Waals surface area contributed by atoms with E-state index < -0.39 is 10.0 Å². The number of ether oxygens (including phenoxy) is 1. The molecule has 0 saturated carbocycles. The number of methoxy groups -OCH3 is 1. The summed E-state index contributed by atoms with van der Waals surface area (Å²) in [5.74, 6) is 0.105. The average molecular weight is 460 g/mol. The van der Waals surface area contributed by atoms with Gasteiger partial charge in [0.2, 0.25) is 5.82 Å². The van der Waals surface area contributed by atoms with E-state index in [1.165, 1.54) is 13.3 Å². The Labute approximate surface area is 188 Å². The van der Waals surface area contributed by atoms with Crippen LogP contribution in [0, 0.1) is 0 Å². The van der Waals surface area contributed by atoms with Gasteiger partial charge >= 0.3 is 0 Å². The van der Waals surface area contributed by atoms with Crippen molar-refractivity contribution in [2.45, 2.75) is 4.90 Å². The van der Waals surface area contributed by atoms with Crippen molar-refractivity contribution in [1.82, 2.24) is 9.97 Å². The predicted molar refractivity (Wildman–Crippen MR) is 111 cm³/mol. The fourth-order valence-electron chi connectivity index (χ4n) is 2.64. The van der Waals surface area contributed by atoms with Crippen LogP contribution < -0.4 is 14.4 Å². The molecule has 0 unspecified atom stereocenters. The van der Waals surface area contributed by atoms with Crippen LogP contribution in [0.1, 0.15) is 0 Å². The third-order valence-corrected chi connectivity index (χ3v) is 5.55. The van der Waals surface area contributed by atoms with Crippen molar-refractivity contribution in [2.75, 3.05) is 30.8 Å². The Kier molecular flexibility index (Phi) is 7.09. The first-order chi connectivity index (χ1) is 12.3. The number of anilines is 2. The molecule has 3 rings (SSSR count). The third-order valence-electron chi connectivity index (χ3n) is 3.77. The Morgan fingerprint density at radius 2 is 1.78 bits per heavy atom. The van der Waals surface area contributed by atoms with Crippen LogP contribution in [-0.2, 0) is 10.0 Å². The smallest absolute Gasteiger partial charge is 0.263 e. The number of rotatable bonds is 5. The van der Waals surface area contributed by atoms with Gasteiger partial charge in [0, 0.05) is 60.1 Å². The van der Waals surface area contributed by atoms with Crippen molar-refractivity contribution >= 4 is 77.8 Å². The maximum atomic E-state index is 13.0. The minimum atomic E-state index is -3.89. The normalized spacial score (nSPS) is 11.0. The summed E-state index contributed by atoms with van der Waals surface area (Å²) in [7, 11) is 1.33. The van der Waals surface area contributed by atoms with Gasteiger partial charge in [-0.05, 0) is 28.1 Å². The van der Waals surface area contributed by atoms with Crippen LogP contribution >= 0.6 is 15.9 Å². The number of fused-ring (bicyclic) bond motifs is 1. The van der Waals surface area contributed by atoms with E-state index in [-0.39, 0.29) is 46.2 Å². The molecule has 27 heavy (non-hydrogen) atoms. The second kappa shape index (κ2) is 8.74. The zero-order chi connectivity index (χ0) is 18.9. The molecule has 0 atom stereocenters. The number of nitrogens with one attached hydrogen (secondary N) is 1. The van der Waals surface area contributed by atoms with Crippen LogP contribution in [0.15, 0.2) is 52.1 Å². The average Bonchev–Trinajstić information content (AvgIpc) is 2.61. The first kappa shape index (κ1) is 21.9. The Morgan fingerprint density at radius 1 is 1.11 bits per heavy atom. The van der Waals surface area contributed by atoms with Gasteiger partial charge in [0.1, 0.15) is 4.60 Å². The summed E-state index contributed by atoms with van der Waals surface area (Å²) >= 11 is 3.18. The second-order valence-corrected chi connectivity index (χ2v) is 8.14. The topological polar surface area (TPSA) is 84.4 Å². The summed E-state index contributed by atoms with van der Waals surface area (Å²) in [4.78, 5) is 10.2. The van der Waals surface area contributed by atoms with Gasteiger partial charge in [-0.15, -0.1) is 0 Å². The standard InChI is InChI=1S/C17H17BrN4O3S.Na/c1-22(2)13-8-4-7-12-11(13)6-5-9-14(12)26(23,24)21-16-17(25-3)20-15(18)10-19-16;/h4-10H,1-3H3,(H,19,21);. The summed E-state index contributed by atoms with van der Waals surface area (Å²) in [6, 6.07) is 10.7.